The second kappa shape index (κ2) is 6.96. The Morgan fingerprint density at radius 2 is 1.46 bits per heavy atom. The van der Waals surface area contributed by atoms with E-state index in [9.17, 15) is 4.79 Å². The summed E-state index contributed by atoms with van der Waals surface area (Å²) in [6.07, 6.45) is 0. The van der Waals surface area contributed by atoms with Crippen molar-refractivity contribution in [3.63, 3.8) is 0 Å². The molecule has 0 radical (unpaired) electrons. The molecule has 1 aliphatic rings. The molecule has 0 saturated carbocycles. The number of amides is 1. The molecule has 3 heteroatoms. The Bertz CT molecular complexity index is 948. The van der Waals surface area contributed by atoms with E-state index in [1.807, 2.05) is 96.8 Å². The van der Waals surface area contributed by atoms with Gasteiger partial charge in [0.15, 0.2) is 0 Å². The molecule has 1 amide bonds. The molecule has 0 saturated heterocycles. The zero-order valence-corrected chi connectivity index (χ0v) is 14.7. The van der Waals surface area contributed by atoms with E-state index < -0.39 is 6.04 Å². The predicted octanol–water partition coefficient (Wildman–Crippen LogP) is 4.46. The van der Waals surface area contributed by atoms with Crippen LogP contribution in [0.3, 0.4) is 0 Å². The van der Waals surface area contributed by atoms with Gasteiger partial charge in [-0.25, -0.2) is 0 Å². The van der Waals surface area contributed by atoms with Gasteiger partial charge in [0.2, 0.25) is 0 Å². The molecule has 3 aromatic carbocycles. The smallest absolute Gasteiger partial charge is 0.251 e. The van der Waals surface area contributed by atoms with E-state index in [0.29, 0.717) is 6.54 Å². The first-order chi connectivity index (χ1) is 12.7. The van der Waals surface area contributed by atoms with E-state index in [0.717, 1.165) is 28.1 Å². The van der Waals surface area contributed by atoms with Gasteiger partial charge in [-0.1, -0.05) is 78.9 Å². The molecule has 4 rings (SSSR count). The van der Waals surface area contributed by atoms with Gasteiger partial charge >= 0.3 is 0 Å². The number of benzodiazepines with no additional fused rings is 1. The summed E-state index contributed by atoms with van der Waals surface area (Å²) in [7, 11) is 0. The van der Waals surface area contributed by atoms with Gasteiger partial charge in [0, 0.05) is 11.1 Å². The molecule has 26 heavy (non-hydrogen) atoms. The lowest BCUT2D eigenvalue weighted by molar-refractivity contribution is -0.119. The van der Waals surface area contributed by atoms with Gasteiger partial charge in [0.25, 0.3) is 5.91 Å². The van der Waals surface area contributed by atoms with Gasteiger partial charge in [0.05, 0.1) is 17.9 Å². The third-order valence-corrected chi connectivity index (χ3v) is 4.63. The van der Waals surface area contributed by atoms with Crippen molar-refractivity contribution in [2.45, 2.75) is 19.5 Å². The molecule has 0 fully saturated rings. The standard InChI is InChI=1S/C23H20N2O/c1-17-23(26)25(16-18-10-4-2-5-11-18)21-15-9-8-14-20(21)22(24-17)19-12-6-3-7-13-19/h2-15,17H,16H2,1H3. The fraction of sp³-hybridized carbons (Fsp3) is 0.130. The summed E-state index contributed by atoms with van der Waals surface area (Å²) in [4.78, 5) is 19.7. The highest BCUT2D eigenvalue weighted by Gasteiger charge is 2.29. The van der Waals surface area contributed by atoms with Crippen LogP contribution in [0.2, 0.25) is 0 Å². The first-order valence-electron chi connectivity index (χ1n) is 8.82. The van der Waals surface area contributed by atoms with Crippen LogP contribution >= 0.6 is 0 Å². The number of anilines is 1. The van der Waals surface area contributed by atoms with Crippen LogP contribution in [-0.4, -0.2) is 17.7 Å². The van der Waals surface area contributed by atoms with E-state index in [4.69, 9.17) is 4.99 Å². The maximum atomic E-state index is 13.1. The zero-order valence-electron chi connectivity index (χ0n) is 14.7. The third-order valence-electron chi connectivity index (χ3n) is 4.63. The van der Waals surface area contributed by atoms with Crippen LogP contribution in [-0.2, 0) is 11.3 Å². The van der Waals surface area contributed by atoms with Gasteiger partial charge in [-0.15, -0.1) is 0 Å². The third kappa shape index (κ3) is 3.04. The number of para-hydroxylation sites is 1. The lowest BCUT2D eigenvalue weighted by atomic mass is 10.00. The topological polar surface area (TPSA) is 32.7 Å². The van der Waals surface area contributed by atoms with E-state index in [-0.39, 0.29) is 5.91 Å². The molecule has 1 atom stereocenters. The molecular weight excluding hydrogens is 320 g/mol. The minimum atomic E-state index is -0.429. The Morgan fingerprint density at radius 1 is 0.846 bits per heavy atom. The highest BCUT2D eigenvalue weighted by atomic mass is 16.2. The molecule has 0 bridgehead atoms. The molecule has 0 aliphatic carbocycles. The van der Waals surface area contributed by atoms with Crippen LogP contribution in [0.5, 0.6) is 0 Å². The highest BCUT2D eigenvalue weighted by molar-refractivity contribution is 6.20. The van der Waals surface area contributed by atoms with Crippen LogP contribution in [0, 0.1) is 0 Å². The van der Waals surface area contributed by atoms with Gasteiger partial charge in [-0.2, -0.15) is 0 Å². The molecule has 0 spiro atoms. The Kier molecular flexibility index (Phi) is 4.36. The van der Waals surface area contributed by atoms with Crippen molar-refractivity contribution in [2.24, 2.45) is 4.99 Å². The first kappa shape index (κ1) is 16.3. The van der Waals surface area contributed by atoms with Crippen LogP contribution < -0.4 is 4.90 Å². The zero-order chi connectivity index (χ0) is 17.9. The predicted molar refractivity (Wildman–Crippen MR) is 106 cm³/mol. The highest BCUT2D eigenvalue weighted by Crippen LogP contribution is 2.29. The van der Waals surface area contributed by atoms with Crippen LogP contribution in [0.1, 0.15) is 23.6 Å². The Morgan fingerprint density at radius 3 is 2.19 bits per heavy atom. The lowest BCUT2D eigenvalue weighted by Gasteiger charge is -2.24. The second-order valence-electron chi connectivity index (χ2n) is 6.45. The summed E-state index contributed by atoms with van der Waals surface area (Å²) >= 11 is 0. The van der Waals surface area contributed by atoms with Crippen LogP contribution in [0.4, 0.5) is 5.69 Å². The van der Waals surface area contributed by atoms with Crippen LogP contribution in [0.15, 0.2) is 89.9 Å². The summed E-state index contributed by atoms with van der Waals surface area (Å²) in [5.41, 5.74) is 4.91. The van der Waals surface area contributed by atoms with Crippen molar-refractivity contribution < 1.29 is 4.79 Å². The van der Waals surface area contributed by atoms with Gasteiger partial charge in [0.1, 0.15) is 6.04 Å². The quantitative estimate of drug-likeness (QED) is 0.693. The van der Waals surface area contributed by atoms with E-state index in [1.165, 1.54) is 0 Å². The number of benzene rings is 3. The monoisotopic (exact) mass is 340 g/mol. The van der Waals surface area contributed by atoms with Crippen molar-refractivity contribution >= 4 is 17.3 Å². The van der Waals surface area contributed by atoms with Gasteiger partial charge in [-0.05, 0) is 18.6 Å². The fourth-order valence-corrected chi connectivity index (χ4v) is 3.33. The van der Waals surface area contributed by atoms with Crippen molar-refractivity contribution in [1.29, 1.82) is 0 Å². The first-order valence-corrected chi connectivity index (χ1v) is 8.82. The van der Waals surface area contributed by atoms with Crippen molar-refractivity contribution in [3.8, 4) is 0 Å². The molecule has 0 N–H and O–H groups in total. The van der Waals surface area contributed by atoms with Gasteiger partial charge in [-0.3, -0.25) is 9.79 Å². The van der Waals surface area contributed by atoms with Crippen molar-refractivity contribution in [3.05, 3.63) is 102 Å². The summed E-state index contributed by atoms with van der Waals surface area (Å²) < 4.78 is 0. The van der Waals surface area contributed by atoms with Crippen molar-refractivity contribution in [2.75, 3.05) is 4.90 Å². The summed E-state index contributed by atoms with van der Waals surface area (Å²) in [5.74, 6) is 0.0206. The Hall–Kier alpha value is -3.20. The Labute approximate surface area is 153 Å². The average Bonchev–Trinajstić information content (AvgIpc) is 2.80. The Balaban J connectivity index is 1.84. The molecule has 1 unspecified atom stereocenters. The van der Waals surface area contributed by atoms with Crippen LogP contribution in [0.25, 0.3) is 0 Å². The van der Waals surface area contributed by atoms with Crippen molar-refractivity contribution in [1.82, 2.24) is 0 Å². The summed E-state index contributed by atoms with van der Waals surface area (Å²) in [6, 6.07) is 27.7. The van der Waals surface area contributed by atoms with Gasteiger partial charge < -0.3 is 4.90 Å². The molecule has 0 aromatic heterocycles. The molecule has 1 heterocycles. The molecule has 1 aliphatic heterocycles. The van der Waals surface area contributed by atoms with E-state index in [1.54, 1.807) is 0 Å². The average molecular weight is 340 g/mol. The fourth-order valence-electron chi connectivity index (χ4n) is 3.33. The number of nitrogens with zero attached hydrogens (tertiary/aromatic N) is 2. The molecule has 3 nitrogen and oxygen atoms in total. The lowest BCUT2D eigenvalue weighted by Crippen LogP contribution is -2.36. The minimum Gasteiger partial charge on any atom is -0.305 e. The SMILES string of the molecule is CC1N=C(c2ccccc2)c2ccccc2N(Cc2ccccc2)C1=O. The number of fused-ring (bicyclic) bond motifs is 1. The number of rotatable bonds is 3. The normalized spacial score (nSPS) is 16.7. The minimum absolute atomic E-state index is 0.0206. The summed E-state index contributed by atoms with van der Waals surface area (Å²) in [6.45, 7) is 2.41. The number of carbonyl (C=O) groups excluding carboxylic acids is 1. The largest absolute Gasteiger partial charge is 0.305 e. The number of carbonyl (C=O) groups is 1. The van der Waals surface area contributed by atoms with E-state index >= 15 is 0 Å². The van der Waals surface area contributed by atoms with E-state index in [2.05, 4.69) is 0 Å². The number of aliphatic imine (C=N–C) groups is 1. The molecular formula is C23H20N2O. The maximum absolute atomic E-state index is 13.1. The maximum Gasteiger partial charge on any atom is 0.251 e. The number of hydrogen-bond acceptors (Lipinski definition) is 2. The number of hydrogen-bond donors (Lipinski definition) is 0. The summed E-state index contributed by atoms with van der Waals surface area (Å²) in [5, 5.41) is 0. The molecule has 3 aromatic rings. The molecule has 128 valence electrons. The second-order valence-corrected chi connectivity index (χ2v) is 6.45.